The molecule has 2 aliphatic heterocycles. The molecular formula is C25H34N3O2+. The van der Waals surface area contributed by atoms with Gasteiger partial charge >= 0.3 is 0 Å². The van der Waals surface area contributed by atoms with Gasteiger partial charge in [0.05, 0.1) is 26.2 Å². The van der Waals surface area contributed by atoms with E-state index in [0.717, 1.165) is 64.2 Å². The summed E-state index contributed by atoms with van der Waals surface area (Å²) in [7, 11) is 0. The van der Waals surface area contributed by atoms with Gasteiger partial charge in [-0.1, -0.05) is 30.3 Å². The maximum absolute atomic E-state index is 13.1. The van der Waals surface area contributed by atoms with Crippen LogP contribution >= 0.6 is 0 Å². The van der Waals surface area contributed by atoms with E-state index in [9.17, 15) is 9.90 Å². The fourth-order valence-corrected chi connectivity index (χ4v) is 4.90. The van der Waals surface area contributed by atoms with Gasteiger partial charge in [0.2, 0.25) is 0 Å². The van der Waals surface area contributed by atoms with Crippen molar-refractivity contribution in [3.8, 4) is 5.75 Å². The number of benzene rings is 2. The minimum Gasteiger partial charge on any atom is -0.508 e. The second-order valence-electron chi connectivity index (χ2n) is 8.84. The van der Waals surface area contributed by atoms with E-state index in [1.165, 1.54) is 10.5 Å². The summed E-state index contributed by atoms with van der Waals surface area (Å²) in [5, 5.41) is 9.48. The second-order valence-corrected chi connectivity index (χ2v) is 8.84. The van der Waals surface area contributed by atoms with Crippen LogP contribution in [0.1, 0.15) is 25.3 Å². The van der Waals surface area contributed by atoms with E-state index >= 15 is 0 Å². The Morgan fingerprint density at radius 1 is 1.00 bits per heavy atom. The van der Waals surface area contributed by atoms with Gasteiger partial charge in [0.25, 0.3) is 5.91 Å². The van der Waals surface area contributed by atoms with Gasteiger partial charge in [-0.15, -0.1) is 0 Å². The van der Waals surface area contributed by atoms with E-state index in [2.05, 4.69) is 47.1 Å². The van der Waals surface area contributed by atoms with Crippen molar-refractivity contribution in [1.82, 2.24) is 4.90 Å². The van der Waals surface area contributed by atoms with E-state index in [1.54, 1.807) is 12.1 Å². The summed E-state index contributed by atoms with van der Waals surface area (Å²) in [6, 6.07) is 18.1. The van der Waals surface area contributed by atoms with Crippen molar-refractivity contribution < 1.29 is 14.8 Å². The van der Waals surface area contributed by atoms with Crippen molar-refractivity contribution in [3.05, 3.63) is 60.2 Å². The number of carbonyl (C=O) groups excluding carboxylic acids is 1. The summed E-state index contributed by atoms with van der Waals surface area (Å²) >= 11 is 0. The molecule has 0 bridgehead atoms. The summed E-state index contributed by atoms with van der Waals surface area (Å²) < 4.78 is 0. The van der Waals surface area contributed by atoms with Gasteiger partial charge in [-0.2, -0.15) is 0 Å². The molecule has 0 spiro atoms. The van der Waals surface area contributed by atoms with Crippen LogP contribution in [0.4, 0.5) is 5.69 Å². The van der Waals surface area contributed by atoms with Crippen LogP contribution in [0.15, 0.2) is 54.6 Å². The summed E-state index contributed by atoms with van der Waals surface area (Å²) in [6.07, 6.45) is 3.34. The highest BCUT2D eigenvalue weighted by Crippen LogP contribution is 2.22. The monoisotopic (exact) mass is 408 g/mol. The molecule has 0 aliphatic carbocycles. The minimum absolute atomic E-state index is 0.0256. The molecule has 0 saturated carbocycles. The molecule has 160 valence electrons. The standard InChI is InChI=1S/C25H33N3O2/c1-20(26-15-17-27(18-16-26)23-7-9-24(29)10-8-23)25(30)28-13-11-22(12-14-28)19-21-5-3-2-4-6-21/h2-10,20,22,29H,11-19H2,1H3/p+1/t20-/m0/s1. The molecule has 2 aliphatic rings. The molecule has 5 heteroatoms. The number of hydrogen-bond donors (Lipinski definition) is 2. The first kappa shape index (κ1) is 20.7. The number of aromatic hydroxyl groups is 1. The van der Waals surface area contributed by atoms with Gasteiger partial charge in [-0.05, 0) is 61.9 Å². The van der Waals surface area contributed by atoms with Crippen molar-refractivity contribution in [2.24, 2.45) is 5.92 Å². The highest BCUT2D eigenvalue weighted by molar-refractivity contribution is 5.80. The number of amides is 1. The normalized spacial score (nSPS) is 19.6. The van der Waals surface area contributed by atoms with Crippen LogP contribution in [0, 0.1) is 5.92 Å². The predicted octanol–water partition coefficient (Wildman–Crippen LogP) is 1.97. The molecule has 2 fully saturated rings. The molecule has 30 heavy (non-hydrogen) atoms. The molecule has 1 atom stereocenters. The molecule has 4 rings (SSSR count). The van der Waals surface area contributed by atoms with E-state index in [4.69, 9.17) is 0 Å². The molecule has 2 aromatic rings. The van der Waals surface area contributed by atoms with Crippen molar-refractivity contribution in [3.63, 3.8) is 0 Å². The number of quaternary nitrogens is 1. The number of piperidine rings is 1. The Morgan fingerprint density at radius 3 is 2.27 bits per heavy atom. The molecule has 2 N–H and O–H groups in total. The summed E-state index contributed by atoms with van der Waals surface area (Å²) in [4.78, 5) is 19.0. The van der Waals surface area contributed by atoms with Crippen LogP contribution in [0.2, 0.25) is 0 Å². The van der Waals surface area contributed by atoms with E-state index in [-0.39, 0.29) is 6.04 Å². The fourth-order valence-electron chi connectivity index (χ4n) is 4.90. The Hall–Kier alpha value is -2.53. The van der Waals surface area contributed by atoms with Gasteiger partial charge < -0.3 is 19.8 Å². The first-order valence-corrected chi connectivity index (χ1v) is 11.3. The lowest BCUT2D eigenvalue weighted by atomic mass is 9.90. The van der Waals surface area contributed by atoms with Crippen molar-refractivity contribution in [2.45, 2.75) is 32.2 Å². The molecule has 0 aromatic heterocycles. The Bertz CT molecular complexity index is 808. The summed E-state index contributed by atoms with van der Waals surface area (Å²) in [6.45, 7) is 7.72. The molecular weight excluding hydrogens is 374 g/mol. The molecule has 0 unspecified atom stereocenters. The number of rotatable bonds is 5. The van der Waals surface area contributed by atoms with Crippen molar-refractivity contribution in [1.29, 1.82) is 0 Å². The second kappa shape index (κ2) is 9.52. The average molecular weight is 409 g/mol. The Labute approximate surface area is 179 Å². The van der Waals surface area contributed by atoms with Gasteiger partial charge in [-0.25, -0.2) is 0 Å². The van der Waals surface area contributed by atoms with Crippen LogP contribution in [0.25, 0.3) is 0 Å². The fraction of sp³-hybridized carbons (Fsp3) is 0.480. The van der Waals surface area contributed by atoms with Crippen LogP contribution in [-0.4, -0.2) is 61.2 Å². The van der Waals surface area contributed by atoms with Crippen LogP contribution < -0.4 is 9.80 Å². The first-order chi connectivity index (χ1) is 14.6. The third-order valence-electron chi connectivity index (χ3n) is 6.90. The SMILES string of the molecule is C[C@@H](C(=O)N1CCC(Cc2ccccc2)CC1)[NH+]1CCN(c2ccc(O)cc2)CC1. The molecule has 5 nitrogen and oxygen atoms in total. The number of nitrogens with zero attached hydrogens (tertiary/aromatic N) is 2. The first-order valence-electron chi connectivity index (χ1n) is 11.3. The largest absolute Gasteiger partial charge is 0.508 e. The third-order valence-corrected chi connectivity index (χ3v) is 6.90. The molecule has 2 saturated heterocycles. The van der Waals surface area contributed by atoms with Gasteiger partial charge in [-0.3, -0.25) is 4.79 Å². The average Bonchev–Trinajstić information content (AvgIpc) is 2.80. The summed E-state index contributed by atoms with van der Waals surface area (Å²) in [5.41, 5.74) is 2.55. The maximum Gasteiger partial charge on any atom is 0.280 e. The lowest BCUT2D eigenvalue weighted by Crippen LogP contribution is -3.19. The zero-order valence-corrected chi connectivity index (χ0v) is 18.0. The van der Waals surface area contributed by atoms with Gasteiger partial charge in [0.15, 0.2) is 6.04 Å². The minimum atomic E-state index is 0.0256. The Morgan fingerprint density at radius 2 is 1.63 bits per heavy atom. The van der Waals surface area contributed by atoms with E-state index in [1.807, 2.05) is 12.1 Å². The number of carbonyl (C=O) groups is 1. The smallest absolute Gasteiger partial charge is 0.280 e. The topological polar surface area (TPSA) is 48.2 Å². The maximum atomic E-state index is 13.1. The number of hydrogen-bond acceptors (Lipinski definition) is 3. The van der Waals surface area contributed by atoms with Crippen molar-refractivity contribution >= 4 is 11.6 Å². The summed E-state index contributed by atoms with van der Waals surface area (Å²) in [5.74, 6) is 1.31. The lowest BCUT2D eigenvalue weighted by molar-refractivity contribution is -0.915. The highest BCUT2D eigenvalue weighted by Gasteiger charge is 2.33. The molecule has 0 radical (unpaired) electrons. The van der Waals surface area contributed by atoms with Crippen LogP contribution in [0.5, 0.6) is 5.75 Å². The lowest BCUT2D eigenvalue weighted by Gasteiger charge is -2.39. The highest BCUT2D eigenvalue weighted by atomic mass is 16.3. The number of piperazine rings is 1. The number of phenolic OH excluding ortho intramolecular Hbond substituents is 1. The number of anilines is 1. The van der Waals surface area contributed by atoms with Crippen LogP contribution in [0.3, 0.4) is 0 Å². The third kappa shape index (κ3) is 4.96. The molecule has 2 heterocycles. The van der Waals surface area contributed by atoms with Gasteiger partial charge in [0.1, 0.15) is 5.75 Å². The zero-order valence-electron chi connectivity index (χ0n) is 18.0. The van der Waals surface area contributed by atoms with E-state index < -0.39 is 0 Å². The van der Waals surface area contributed by atoms with E-state index in [0.29, 0.717) is 17.6 Å². The van der Waals surface area contributed by atoms with Crippen LogP contribution in [-0.2, 0) is 11.2 Å². The Balaban J connectivity index is 1.24. The molecule has 2 aromatic carbocycles. The number of nitrogens with one attached hydrogen (secondary N) is 1. The van der Waals surface area contributed by atoms with Crippen molar-refractivity contribution in [2.75, 3.05) is 44.2 Å². The Kier molecular flexibility index (Phi) is 6.58. The molecule has 1 amide bonds. The predicted molar refractivity (Wildman–Crippen MR) is 120 cm³/mol. The van der Waals surface area contributed by atoms with Gasteiger partial charge in [0, 0.05) is 18.8 Å². The number of phenols is 1. The zero-order chi connectivity index (χ0) is 20.9. The number of likely N-dealkylation sites (tertiary alicyclic amines) is 1. The quantitative estimate of drug-likeness (QED) is 0.795.